The first-order valence-electron chi connectivity index (χ1n) is 10.4. The summed E-state index contributed by atoms with van der Waals surface area (Å²) in [6.07, 6.45) is 0. The topological polar surface area (TPSA) is 65.9 Å². The van der Waals surface area contributed by atoms with E-state index in [1.807, 2.05) is 30.3 Å². The molecule has 166 valence electrons. The van der Waals surface area contributed by atoms with Crippen LogP contribution in [0.3, 0.4) is 0 Å². The Bertz CT molecular complexity index is 1050. The molecule has 0 aliphatic carbocycles. The Morgan fingerprint density at radius 2 is 1.35 bits per heavy atom. The van der Waals surface area contributed by atoms with Gasteiger partial charge in [0.2, 0.25) is 0 Å². The fourth-order valence-corrected chi connectivity index (χ4v) is 3.80. The number of hydrogen-bond donors (Lipinski definition) is 0. The predicted molar refractivity (Wildman–Crippen MR) is 123 cm³/mol. The summed E-state index contributed by atoms with van der Waals surface area (Å²) in [7, 11) is 6.50. The Hall–Kier alpha value is -3.06. The monoisotopic (exact) mass is 425 g/mol. The molecular formula is C24H31N3O4. The van der Waals surface area contributed by atoms with Crippen LogP contribution < -0.4 is 18.9 Å². The van der Waals surface area contributed by atoms with Crippen molar-refractivity contribution in [2.24, 2.45) is 0 Å². The van der Waals surface area contributed by atoms with Crippen LogP contribution in [0.25, 0.3) is 22.2 Å². The second-order valence-electron chi connectivity index (χ2n) is 7.12. The van der Waals surface area contributed by atoms with Crippen LogP contribution in [-0.4, -0.2) is 56.4 Å². The first-order chi connectivity index (χ1) is 15.0. The minimum Gasteiger partial charge on any atom is -0.493 e. The highest BCUT2D eigenvalue weighted by atomic mass is 16.5. The zero-order chi connectivity index (χ0) is 22.5. The van der Waals surface area contributed by atoms with Crippen molar-refractivity contribution in [3.8, 4) is 34.3 Å². The quantitative estimate of drug-likeness (QED) is 0.491. The maximum Gasteiger partial charge on any atom is 0.162 e. The second-order valence-corrected chi connectivity index (χ2v) is 7.12. The van der Waals surface area contributed by atoms with E-state index in [0.29, 0.717) is 23.0 Å². The first kappa shape index (κ1) is 22.6. The molecule has 31 heavy (non-hydrogen) atoms. The highest BCUT2D eigenvalue weighted by molar-refractivity contribution is 5.95. The molecule has 0 N–H and O–H groups in total. The third-order valence-electron chi connectivity index (χ3n) is 5.61. The number of nitrogens with zero attached hydrogens (tertiary/aromatic N) is 3. The van der Waals surface area contributed by atoms with Crippen LogP contribution in [0.15, 0.2) is 30.3 Å². The van der Waals surface area contributed by atoms with E-state index in [-0.39, 0.29) is 6.04 Å². The van der Waals surface area contributed by atoms with Gasteiger partial charge in [-0.05, 0) is 44.3 Å². The van der Waals surface area contributed by atoms with Gasteiger partial charge in [0.05, 0.1) is 45.7 Å². The number of fused-ring (bicyclic) bond motifs is 1. The number of benzene rings is 2. The molecule has 0 amide bonds. The minimum atomic E-state index is 0.0615. The van der Waals surface area contributed by atoms with Crippen LogP contribution in [0.4, 0.5) is 0 Å². The molecule has 0 saturated heterocycles. The highest BCUT2D eigenvalue weighted by Gasteiger charge is 2.21. The Morgan fingerprint density at radius 3 is 1.94 bits per heavy atom. The van der Waals surface area contributed by atoms with Crippen LogP contribution >= 0.6 is 0 Å². The summed E-state index contributed by atoms with van der Waals surface area (Å²) in [6.45, 7) is 8.25. The Kier molecular flexibility index (Phi) is 7.17. The van der Waals surface area contributed by atoms with Gasteiger partial charge in [-0.2, -0.15) is 0 Å². The summed E-state index contributed by atoms with van der Waals surface area (Å²) in [5, 5.41) is 0.875. The van der Waals surface area contributed by atoms with E-state index in [2.05, 4.69) is 25.7 Å². The molecule has 0 saturated carbocycles. The molecule has 7 nitrogen and oxygen atoms in total. The van der Waals surface area contributed by atoms with Crippen molar-refractivity contribution in [2.45, 2.75) is 26.8 Å². The molecule has 0 spiro atoms. The number of hydrogen-bond acceptors (Lipinski definition) is 7. The van der Waals surface area contributed by atoms with Crippen molar-refractivity contribution < 1.29 is 18.9 Å². The van der Waals surface area contributed by atoms with Crippen LogP contribution in [-0.2, 0) is 0 Å². The average Bonchev–Trinajstić information content (AvgIpc) is 2.82. The van der Waals surface area contributed by atoms with E-state index in [1.165, 1.54) is 0 Å². The SMILES string of the molecule is CCN(CC)C(C)c1nc(-c2ccc(OC)c(OC)c2)c2cc(OC)c(OC)cc2n1. The molecular weight excluding hydrogens is 394 g/mol. The lowest BCUT2D eigenvalue weighted by Gasteiger charge is -2.26. The Morgan fingerprint density at radius 1 is 0.774 bits per heavy atom. The molecule has 1 unspecified atom stereocenters. The van der Waals surface area contributed by atoms with Gasteiger partial charge in [-0.1, -0.05) is 13.8 Å². The summed E-state index contributed by atoms with van der Waals surface area (Å²) >= 11 is 0. The zero-order valence-corrected chi connectivity index (χ0v) is 19.4. The first-order valence-corrected chi connectivity index (χ1v) is 10.4. The molecule has 1 aromatic heterocycles. The van der Waals surface area contributed by atoms with Gasteiger partial charge in [-0.25, -0.2) is 9.97 Å². The lowest BCUT2D eigenvalue weighted by atomic mass is 10.0. The number of methoxy groups -OCH3 is 4. The van der Waals surface area contributed by atoms with E-state index in [1.54, 1.807) is 28.4 Å². The van der Waals surface area contributed by atoms with Gasteiger partial charge >= 0.3 is 0 Å². The maximum atomic E-state index is 5.53. The van der Waals surface area contributed by atoms with E-state index in [9.17, 15) is 0 Å². The van der Waals surface area contributed by atoms with E-state index in [0.717, 1.165) is 41.1 Å². The van der Waals surface area contributed by atoms with Crippen LogP contribution in [0.5, 0.6) is 23.0 Å². The van der Waals surface area contributed by atoms with Gasteiger partial charge in [0.1, 0.15) is 5.82 Å². The standard InChI is InChI=1S/C24H31N3O4/c1-8-27(9-2)15(3)24-25-18-14-22(31-7)21(30-6)13-17(18)23(26-24)16-10-11-19(28-4)20(12-16)29-5/h10-15H,8-9H2,1-7H3. The van der Waals surface area contributed by atoms with Gasteiger partial charge in [0.25, 0.3) is 0 Å². The number of ether oxygens (including phenoxy) is 4. The molecule has 0 bridgehead atoms. The smallest absolute Gasteiger partial charge is 0.162 e. The van der Waals surface area contributed by atoms with Gasteiger partial charge in [-0.3, -0.25) is 4.90 Å². The molecule has 3 aromatic rings. The largest absolute Gasteiger partial charge is 0.493 e. The molecule has 0 radical (unpaired) electrons. The third-order valence-corrected chi connectivity index (χ3v) is 5.61. The van der Waals surface area contributed by atoms with Crippen LogP contribution in [0, 0.1) is 0 Å². The van der Waals surface area contributed by atoms with E-state index >= 15 is 0 Å². The molecule has 1 atom stereocenters. The molecule has 1 heterocycles. The van der Waals surface area contributed by atoms with E-state index < -0.39 is 0 Å². The molecule has 3 rings (SSSR count). The minimum absolute atomic E-state index is 0.0615. The summed E-state index contributed by atoms with van der Waals surface area (Å²) in [5.74, 6) is 3.33. The summed E-state index contributed by atoms with van der Waals surface area (Å²) in [6, 6.07) is 9.68. The van der Waals surface area contributed by atoms with Gasteiger partial charge in [-0.15, -0.1) is 0 Å². The Labute approximate surface area is 183 Å². The fraction of sp³-hybridized carbons (Fsp3) is 0.417. The van der Waals surface area contributed by atoms with Crippen molar-refractivity contribution in [1.29, 1.82) is 0 Å². The van der Waals surface area contributed by atoms with Gasteiger partial charge in [0.15, 0.2) is 23.0 Å². The zero-order valence-electron chi connectivity index (χ0n) is 19.4. The average molecular weight is 426 g/mol. The van der Waals surface area contributed by atoms with Gasteiger partial charge in [0, 0.05) is 17.0 Å². The van der Waals surface area contributed by atoms with Gasteiger partial charge < -0.3 is 18.9 Å². The van der Waals surface area contributed by atoms with Crippen LogP contribution in [0.1, 0.15) is 32.6 Å². The van der Waals surface area contributed by atoms with Crippen molar-refractivity contribution in [1.82, 2.24) is 14.9 Å². The number of rotatable bonds is 9. The maximum absolute atomic E-state index is 5.53. The van der Waals surface area contributed by atoms with Crippen molar-refractivity contribution in [3.63, 3.8) is 0 Å². The van der Waals surface area contributed by atoms with Crippen molar-refractivity contribution in [2.75, 3.05) is 41.5 Å². The second kappa shape index (κ2) is 9.83. The molecule has 0 aliphatic heterocycles. The summed E-state index contributed by atoms with van der Waals surface area (Å²) < 4.78 is 22.0. The lowest BCUT2D eigenvalue weighted by molar-refractivity contribution is 0.226. The number of aromatic nitrogens is 2. The normalized spacial score (nSPS) is 12.1. The lowest BCUT2D eigenvalue weighted by Crippen LogP contribution is -2.28. The molecule has 7 heteroatoms. The third kappa shape index (κ3) is 4.37. The molecule has 0 aliphatic rings. The van der Waals surface area contributed by atoms with E-state index in [4.69, 9.17) is 28.9 Å². The van der Waals surface area contributed by atoms with Crippen molar-refractivity contribution in [3.05, 3.63) is 36.2 Å². The summed E-state index contributed by atoms with van der Waals surface area (Å²) in [4.78, 5) is 12.2. The fourth-order valence-electron chi connectivity index (χ4n) is 3.80. The molecule has 0 fully saturated rings. The van der Waals surface area contributed by atoms with Crippen LogP contribution in [0.2, 0.25) is 0 Å². The van der Waals surface area contributed by atoms with Crippen molar-refractivity contribution >= 4 is 10.9 Å². The predicted octanol–water partition coefficient (Wildman–Crippen LogP) is 4.73. The Balaban J connectivity index is 2.31. The molecule has 2 aromatic carbocycles. The summed E-state index contributed by atoms with van der Waals surface area (Å²) in [5.41, 5.74) is 2.51. The highest BCUT2D eigenvalue weighted by Crippen LogP contribution is 2.39.